The number of nitrogens with one attached hydrogen (secondary N) is 2. The highest BCUT2D eigenvalue weighted by molar-refractivity contribution is 6.36. The van der Waals surface area contributed by atoms with Crippen molar-refractivity contribution in [2.75, 3.05) is 5.32 Å². The zero-order valence-corrected chi connectivity index (χ0v) is 19.1. The van der Waals surface area contributed by atoms with Gasteiger partial charge in [-0.1, -0.05) is 35.3 Å². The van der Waals surface area contributed by atoms with E-state index in [9.17, 15) is 9.59 Å². The van der Waals surface area contributed by atoms with E-state index in [0.29, 0.717) is 40.6 Å². The Morgan fingerprint density at radius 2 is 1.84 bits per heavy atom. The summed E-state index contributed by atoms with van der Waals surface area (Å²) >= 11 is 12.0. The number of amides is 2. The van der Waals surface area contributed by atoms with Crippen molar-refractivity contribution in [1.29, 1.82) is 0 Å². The Morgan fingerprint density at radius 1 is 1.03 bits per heavy atom. The van der Waals surface area contributed by atoms with Crippen molar-refractivity contribution >= 4 is 46.4 Å². The van der Waals surface area contributed by atoms with Crippen molar-refractivity contribution in [3.8, 4) is 0 Å². The number of rotatable bonds is 4. The van der Waals surface area contributed by atoms with Gasteiger partial charge in [-0.15, -0.1) is 0 Å². The van der Waals surface area contributed by atoms with Crippen LogP contribution >= 0.6 is 23.2 Å². The van der Waals surface area contributed by atoms with Crippen molar-refractivity contribution in [3.05, 3.63) is 86.3 Å². The van der Waals surface area contributed by atoms with E-state index in [4.69, 9.17) is 27.6 Å². The topological polar surface area (TPSA) is 83.7 Å². The van der Waals surface area contributed by atoms with Gasteiger partial charge < -0.3 is 9.73 Å². The smallest absolute Gasteiger partial charge is 0.291 e. The molecule has 32 heavy (non-hydrogen) atoms. The Kier molecular flexibility index (Phi) is 6.35. The third kappa shape index (κ3) is 4.56. The summed E-state index contributed by atoms with van der Waals surface area (Å²) in [6, 6.07) is 12.2. The number of furan rings is 1. The monoisotopic (exact) mass is 469 g/mol. The maximum atomic E-state index is 12.8. The van der Waals surface area contributed by atoms with Crippen LogP contribution in [-0.2, 0) is 6.42 Å². The summed E-state index contributed by atoms with van der Waals surface area (Å²) in [6.45, 7) is 3.78. The molecule has 1 aliphatic carbocycles. The molecule has 0 saturated carbocycles. The maximum absolute atomic E-state index is 12.8. The molecule has 0 unspecified atom stereocenters. The van der Waals surface area contributed by atoms with Gasteiger partial charge >= 0.3 is 0 Å². The third-order valence-corrected chi connectivity index (χ3v) is 5.82. The number of hydrogen-bond acceptors (Lipinski definition) is 4. The van der Waals surface area contributed by atoms with Gasteiger partial charge in [-0.25, -0.2) is 5.43 Å². The summed E-state index contributed by atoms with van der Waals surface area (Å²) in [6.07, 6.45) is 2.15. The van der Waals surface area contributed by atoms with Crippen molar-refractivity contribution < 1.29 is 14.0 Å². The number of anilines is 1. The van der Waals surface area contributed by atoms with E-state index >= 15 is 0 Å². The molecule has 0 saturated heterocycles. The molecule has 2 amide bonds. The van der Waals surface area contributed by atoms with Crippen molar-refractivity contribution in [2.45, 2.75) is 33.1 Å². The van der Waals surface area contributed by atoms with Crippen LogP contribution in [0.5, 0.6) is 0 Å². The first kappa shape index (κ1) is 22.1. The summed E-state index contributed by atoms with van der Waals surface area (Å²) in [5.41, 5.74) is 6.72. The summed E-state index contributed by atoms with van der Waals surface area (Å²) in [5, 5.41) is 7.90. The molecule has 0 aliphatic heterocycles. The van der Waals surface area contributed by atoms with Crippen LogP contribution in [0.1, 0.15) is 56.2 Å². The van der Waals surface area contributed by atoms with Crippen LogP contribution in [0.4, 0.5) is 5.69 Å². The highest BCUT2D eigenvalue weighted by Gasteiger charge is 2.28. The highest BCUT2D eigenvalue weighted by atomic mass is 35.5. The molecule has 1 heterocycles. The Hall–Kier alpha value is -3.09. The molecule has 8 heteroatoms. The van der Waals surface area contributed by atoms with E-state index < -0.39 is 5.91 Å². The number of aryl methyl sites for hydroxylation is 2. The largest absolute Gasteiger partial charge is 0.455 e. The van der Waals surface area contributed by atoms with E-state index in [2.05, 4.69) is 15.8 Å². The van der Waals surface area contributed by atoms with Crippen LogP contribution in [0.15, 0.2) is 52.0 Å². The lowest BCUT2D eigenvalue weighted by Crippen LogP contribution is -2.22. The molecule has 164 valence electrons. The van der Waals surface area contributed by atoms with Crippen LogP contribution in [-0.4, -0.2) is 17.5 Å². The third-order valence-electron chi connectivity index (χ3n) is 5.28. The van der Waals surface area contributed by atoms with E-state index in [1.54, 1.807) is 12.1 Å². The number of carbonyl (C=O) groups excluding carboxylic acids is 2. The zero-order chi connectivity index (χ0) is 22.8. The first-order chi connectivity index (χ1) is 15.3. The second-order valence-corrected chi connectivity index (χ2v) is 8.50. The van der Waals surface area contributed by atoms with E-state index in [0.717, 1.165) is 17.5 Å². The lowest BCUT2D eigenvalue weighted by atomic mass is 9.93. The van der Waals surface area contributed by atoms with Gasteiger partial charge in [0.05, 0.1) is 16.3 Å². The lowest BCUT2D eigenvalue weighted by molar-refractivity contribution is 0.0953. The average Bonchev–Trinajstić information content (AvgIpc) is 3.09. The summed E-state index contributed by atoms with van der Waals surface area (Å²) in [5.74, 6) is 0.183. The second kappa shape index (κ2) is 9.18. The van der Waals surface area contributed by atoms with Crippen molar-refractivity contribution in [3.63, 3.8) is 0 Å². The quantitative estimate of drug-likeness (QED) is 0.464. The molecular weight excluding hydrogens is 449 g/mol. The Bertz CT molecular complexity index is 1250. The van der Waals surface area contributed by atoms with Gasteiger partial charge in [0, 0.05) is 28.3 Å². The molecule has 4 rings (SSSR count). The van der Waals surface area contributed by atoms with E-state index in [1.807, 2.05) is 38.1 Å². The molecule has 0 atom stereocenters. The highest BCUT2D eigenvalue weighted by Crippen LogP contribution is 2.30. The molecule has 2 aromatic carbocycles. The predicted molar refractivity (Wildman–Crippen MR) is 126 cm³/mol. The van der Waals surface area contributed by atoms with Gasteiger partial charge in [0.1, 0.15) is 5.76 Å². The molecule has 2 N–H and O–H groups in total. The first-order valence-electron chi connectivity index (χ1n) is 10.2. The molecule has 1 aromatic heterocycles. The number of fused-ring (bicyclic) bond motifs is 1. The van der Waals surface area contributed by atoms with Gasteiger partial charge in [-0.05, 0) is 62.6 Å². The Balaban J connectivity index is 1.57. The number of carbonyl (C=O) groups is 2. The minimum absolute atomic E-state index is 0.245. The van der Waals surface area contributed by atoms with Gasteiger partial charge in [-0.2, -0.15) is 5.10 Å². The minimum atomic E-state index is -0.440. The SMILES string of the molecule is Cc1cccc(NC(=O)c2oc3c(c2C)/C(=N/NC(=O)c2ccc(Cl)cc2Cl)CCC3)c1. The maximum Gasteiger partial charge on any atom is 0.291 e. The van der Waals surface area contributed by atoms with Crippen molar-refractivity contribution in [2.24, 2.45) is 5.10 Å². The fraction of sp³-hybridized carbons (Fsp3) is 0.208. The summed E-state index contributed by atoms with van der Waals surface area (Å²) < 4.78 is 5.91. The predicted octanol–water partition coefficient (Wildman–Crippen LogP) is 5.93. The number of nitrogens with zero attached hydrogens (tertiary/aromatic N) is 1. The van der Waals surface area contributed by atoms with Gasteiger partial charge in [0.15, 0.2) is 5.76 Å². The first-order valence-corrected chi connectivity index (χ1v) is 10.9. The molecule has 0 radical (unpaired) electrons. The van der Waals surface area contributed by atoms with Crippen LogP contribution in [0, 0.1) is 13.8 Å². The fourth-order valence-electron chi connectivity index (χ4n) is 3.76. The molecule has 0 fully saturated rings. The number of halogens is 2. The molecule has 6 nitrogen and oxygen atoms in total. The molecule has 0 bridgehead atoms. The van der Waals surface area contributed by atoms with Gasteiger partial charge in [0.25, 0.3) is 11.8 Å². The van der Waals surface area contributed by atoms with Crippen LogP contribution < -0.4 is 10.7 Å². The van der Waals surface area contributed by atoms with Crippen molar-refractivity contribution in [1.82, 2.24) is 5.43 Å². The normalized spacial score (nSPS) is 14.2. The molecule has 0 spiro atoms. The van der Waals surface area contributed by atoms with E-state index in [-0.39, 0.29) is 22.3 Å². The lowest BCUT2D eigenvalue weighted by Gasteiger charge is -2.13. The number of hydrogen-bond donors (Lipinski definition) is 2. The van der Waals surface area contributed by atoms with E-state index in [1.165, 1.54) is 6.07 Å². The standard InChI is InChI=1S/C24H21Cl2N3O3/c1-13-5-3-6-16(11-13)27-24(31)22-14(2)21-19(7-4-8-20(21)32-22)28-29-23(30)17-10-9-15(25)12-18(17)26/h3,5-6,9-12H,4,7-8H2,1-2H3,(H,27,31)(H,29,30)/b28-19+. The minimum Gasteiger partial charge on any atom is -0.455 e. The second-order valence-electron chi connectivity index (χ2n) is 7.66. The van der Waals surface area contributed by atoms with Gasteiger partial charge in [-0.3, -0.25) is 9.59 Å². The molecule has 3 aromatic rings. The fourth-order valence-corrected chi connectivity index (χ4v) is 4.25. The summed E-state index contributed by atoms with van der Waals surface area (Å²) in [4.78, 5) is 25.4. The Morgan fingerprint density at radius 3 is 2.59 bits per heavy atom. The average molecular weight is 470 g/mol. The van der Waals surface area contributed by atoms with Crippen LogP contribution in [0.25, 0.3) is 0 Å². The Labute approximate surface area is 195 Å². The molecule has 1 aliphatic rings. The van der Waals surface area contributed by atoms with Crippen LogP contribution in [0.2, 0.25) is 10.0 Å². The number of benzene rings is 2. The van der Waals surface area contributed by atoms with Crippen LogP contribution in [0.3, 0.4) is 0 Å². The van der Waals surface area contributed by atoms with Gasteiger partial charge in [0.2, 0.25) is 0 Å². The molecular formula is C24H21Cl2N3O3. The number of hydrazone groups is 1. The zero-order valence-electron chi connectivity index (χ0n) is 17.6. The summed E-state index contributed by atoms with van der Waals surface area (Å²) in [7, 11) is 0.